The molecule has 1 aromatic carbocycles. The fourth-order valence-corrected chi connectivity index (χ4v) is 4.00. The number of nitrogens with one attached hydrogen (secondary N) is 1. The molecule has 3 aromatic heterocycles. The Morgan fingerprint density at radius 3 is 2.80 bits per heavy atom. The van der Waals surface area contributed by atoms with Gasteiger partial charge in [-0.15, -0.1) is 0 Å². The first-order valence-electron chi connectivity index (χ1n) is 8.85. The first kappa shape index (κ1) is 14.5. The molecule has 4 aromatic rings. The fourth-order valence-electron chi connectivity index (χ4n) is 4.00. The van der Waals surface area contributed by atoms with Crippen LogP contribution in [-0.2, 0) is 0 Å². The summed E-state index contributed by atoms with van der Waals surface area (Å²) in [5.41, 5.74) is 3.25. The molecular weight excluding hydrogens is 314 g/mol. The zero-order valence-corrected chi connectivity index (χ0v) is 13.9. The van der Waals surface area contributed by atoms with Crippen LogP contribution in [0.3, 0.4) is 0 Å². The van der Waals surface area contributed by atoms with Gasteiger partial charge in [0.1, 0.15) is 11.3 Å². The van der Waals surface area contributed by atoms with Gasteiger partial charge in [-0.3, -0.25) is 9.20 Å². The number of benzene rings is 1. The summed E-state index contributed by atoms with van der Waals surface area (Å²) in [7, 11) is 0. The lowest BCUT2D eigenvalue weighted by Crippen LogP contribution is -2.14. The summed E-state index contributed by atoms with van der Waals surface area (Å²) in [5, 5.41) is 4.26. The maximum absolute atomic E-state index is 12.5. The molecule has 0 aliphatic heterocycles. The highest BCUT2D eigenvalue weighted by atomic mass is 16.1. The lowest BCUT2D eigenvalue weighted by atomic mass is 9.89. The Balaban J connectivity index is 1.75. The van der Waals surface area contributed by atoms with Gasteiger partial charge >= 0.3 is 0 Å². The summed E-state index contributed by atoms with van der Waals surface area (Å²) in [5.74, 6) is 1.46. The van der Waals surface area contributed by atoms with Crippen molar-refractivity contribution in [2.45, 2.75) is 38.0 Å². The Hall–Kier alpha value is -2.89. The van der Waals surface area contributed by atoms with Gasteiger partial charge in [-0.2, -0.15) is 5.10 Å². The quantitative estimate of drug-likeness (QED) is 0.611. The third-order valence-corrected chi connectivity index (χ3v) is 5.23. The number of hydrogen-bond donors (Lipinski definition) is 1. The van der Waals surface area contributed by atoms with Crippen LogP contribution >= 0.6 is 0 Å². The molecule has 0 atom stereocenters. The monoisotopic (exact) mass is 333 g/mol. The molecule has 1 aliphatic rings. The molecule has 3 heterocycles. The molecule has 126 valence electrons. The van der Waals surface area contributed by atoms with Crippen molar-refractivity contribution in [3.05, 3.63) is 59.0 Å². The minimum atomic E-state index is -0.0975. The zero-order valence-electron chi connectivity index (χ0n) is 13.9. The highest BCUT2D eigenvalue weighted by Gasteiger charge is 2.22. The number of fused-ring (bicyclic) bond motifs is 3. The Morgan fingerprint density at radius 1 is 1.12 bits per heavy atom. The molecule has 0 bridgehead atoms. The van der Waals surface area contributed by atoms with E-state index in [1.165, 1.54) is 19.3 Å². The standard InChI is InChI=1S/C19H19N5O/c25-19-17-12-20-18(13-5-2-1-3-6-13)24(17)16-8-7-14(11-15(16)22-19)23-10-4-9-21-23/h4,7-13H,1-3,5-6H2,(H,22,25). The molecule has 0 saturated heterocycles. The van der Waals surface area contributed by atoms with Gasteiger partial charge in [0.2, 0.25) is 0 Å². The summed E-state index contributed by atoms with van der Waals surface area (Å²) in [6.07, 6.45) is 11.4. The van der Waals surface area contributed by atoms with Crippen molar-refractivity contribution in [2.24, 2.45) is 0 Å². The summed E-state index contributed by atoms with van der Waals surface area (Å²) in [6.45, 7) is 0. The number of rotatable bonds is 2. The zero-order chi connectivity index (χ0) is 16.8. The van der Waals surface area contributed by atoms with Gasteiger partial charge in [0, 0.05) is 18.3 Å². The largest absolute Gasteiger partial charge is 0.319 e. The van der Waals surface area contributed by atoms with Crippen molar-refractivity contribution >= 4 is 16.6 Å². The molecule has 5 rings (SSSR count). The molecule has 0 amide bonds. The van der Waals surface area contributed by atoms with Crippen LogP contribution in [0.5, 0.6) is 0 Å². The van der Waals surface area contributed by atoms with Gasteiger partial charge in [-0.05, 0) is 37.1 Å². The second-order valence-corrected chi connectivity index (χ2v) is 6.78. The molecule has 6 nitrogen and oxygen atoms in total. The number of nitrogens with zero attached hydrogens (tertiary/aromatic N) is 4. The average molecular weight is 333 g/mol. The van der Waals surface area contributed by atoms with Gasteiger partial charge in [-0.25, -0.2) is 9.67 Å². The van der Waals surface area contributed by atoms with Crippen molar-refractivity contribution in [1.29, 1.82) is 0 Å². The van der Waals surface area contributed by atoms with Gasteiger partial charge in [0.25, 0.3) is 5.56 Å². The SMILES string of the molecule is O=c1[nH]c2cc(-n3cccn3)ccc2n2c(C3CCCCC3)ncc12. The fraction of sp³-hybridized carbons (Fsp3) is 0.316. The number of hydrogen-bond acceptors (Lipinski definition) is 3. The van der Waals surface area contributed by atoms with Crippen molar-refractivity contribution in [2.75, 3.05) is 0 Å². The van der Waals surface area contributed by atoms with E-state index in [2.05, 4.69) is 19.5 Å². The molecule has 1 fully saturated rings. The smallest absolute Gasteiger partial charge is 0.274 e. The molecule has 0 spiro atoms. The Labute approximate surface area is 144 Å². The number of H-pyrrole nitrogens is 1. The van der Waals surface area contributed by atoms with E-state index in [9.17, 15) is 4.79 Å². The minimum absolute atomic E-state index is 0.0975. The van der Waals surface area contributed by atoms with E-state index in [4.69, 9.17) is 0 Å². The second kappa shape index (κ2) is 5.58. The van der Waals surface area contributed by atoms with Crippen LogP contribution in [0.25, 0.3) is 22.2 Å². The molecule has 1 saturated carbocycles. The van der Waals surface area contributed by atoms with Crippen LogP contribution < -0.4 is 5.56 Å². The molecule has 0 unspecified atom stereocenters. The number of imidazole rings is 1. The van der Waals surface area contributed by atoms with E-state index in [0.717, 1.165) is 35.4 Å². The molecule has 1 aliphatic carbocycles. The van der Waals surface area contributed by atoms with Crippen LogP contribution in [0, 0.1) is 0 Å². The van der Waals surface area contributed by atoms with Gasteiger partial charge < -0.3 is 4.98 Å². The van der Waals surface area contributed by atoms with Gasteiger partial charge in [0.05, 0.1) is 22.9 Å². The second-order valence-electron chi connectivity index (χ2n) is 6.78. The topological polar surface area (TPSA) is 68.0 Å². The van der Waals surface area contributed by atoms with E-state index in [-0.39, 0.29) is 5.56 Å². The summed E-state index contributed by atoms with van der Waals surface area (Å²) in [6, 6.07) is 7.92. The van der Waals surface area contributed by atoms with Gasteiger partial charge in [0.15, 0.2) is 0 Å². The highest BCUT2D eigenvalue weighted by Crippen LogP contribution is 2.33. The third-order valence-electron chi connectivity index (χ3n) is 5.23. The van der Waals surface area contributed by atoms with E-state index < -0.39 is 0 Å². The average Bonchev–Trinajstić information content (AvgIpc) is 3.32. The van der Waals surface area contributed by atoms with Crippen LogP contribution in [-0.4, -0.2) is 24.1 Å². The molecule has 0 radical (unpaired) electrons. The molecule has 1 N–H and O–H groups in total. The number of aromatic amines is 1. The van der Waals surface area contributed by atoms with Crippen LogP contribution in [0.2, 0.25) is 0 Å². The van der Waals surface area contributed by atoms with E-state index in [1.54, 1.807) is 17.1 Å². The summed E-state index contributed by atoms with van der Waals surface area (Å²) < 4.78 is 3.84. The van der Waals surface area contributed by atoms with Crippen molar-refractivity contribution in [3.63, 3.8) is 0 Å². The lowest BCUT2D eigenvalue weighted by molar-refractivity contribution is 0.428. The molecule has 25 heavy (non-hydrogen) atoms. The predicted octanol–water partition coefficient (Wildman–Crippen LogP) is 3.41. The van der Waals surface area contributed by atoms with Gasteiger partial charge in [-0.1, -0.05) is 19.3 Å². The normalized spacial score (nSPS) is 16.0. The summed E-state index contributed by atoms with van der Waals surface area (Å²) in [4.78, 5) is 20.2. The lowest BCUT2D eigenvalue weighted by Gasteiger charge is -2.21. The van der Waals surface area contributed by atoms with Crippen LogP contribution in [0.1, 0.15) is 43.8 Å². The Bertz CT molecular complexity index is 1100. The molecule has 6 heteroatoms. The van der Waals surface area contributed by atoms with E-state index >= 15 is 0 Å². The van der Waals surface area contributed by atoms with E-state index in [0.29, 0.717) is 11.4 Å². The first-order valence-corrected chi connectivity index (χ1v) is 8.85. The van der Waals surface area contributed by atoms with Crippen LogP contribution in [0.15, 0.2) is 47.7 Å². The number of aromatic nitrogens is 5. The predicted molar refractivity (Wildman–Crippen MR) is 96.3 cm³/mol. The Kier molecular flexibility index (Phi) is 3.23. The third kappa shape index (κ3) is 2.28. The Morgan fingerprint density at radius 2 is 2.00 bits per heavy atom. The minimum Gasteiger partial charge on any atom is -0.319 e. The van der Waals surface area contributed by atoms with Crippen molar-refractivity contribution < 1.29 is 0 Å². The molecular formula is C19H19N5O. The van der Waals surface area contributed by atoms with E-state index in [1.807, 2.05) is 30.5 Å². The van der Waals surface area contributed by atoms with Crippen LogP contribution in [0.4, 0.5) is 0 Å². The maximum atomic E-state index is 12.5. The highest BCUT2D eigenvalue weighted by molar-refractivity contribution is 5.80. The van der Waals surface area contributed by atoms with Crippen molar-refractivity contribution in [1.82, 2.24) is 24.1 Å². The first-order chi connectivity index (χ1) is 12.3. The summed E-state index contributed by atoms with van der Waals surface area (Å²) >= 11 is 0. The maximum Gasteiger partial charge on any atom is 0.274 e. The van der Waals surface area contributed by atoms with Crippen molar-refractivity contribution in [3.8, 4) is 5.69 Å².